The van der Waals surface area contributed by atoms with Crippen LogP contribution in [0.15, 0.2) is 53.0 Å². The molecular formula is C17H16BrFN2O4. The zero-order valence-electron chi connectivity index (χ0n) is 13.3. The Kier molecular flexibility index (Phi) is 6.76. The van der Waals surface area contributed by atoms with E-state index < -0.39 is 23.7 Å². The second kappa shape index (κ2) is 9.03. The molecule has 0 spiro atoms. The lowest BCUT2D eigenvalue weighted by atomic mass is 10.3. The Morgan fingerprint density at radius 1 is 1.12 bits per heavy atom. The van der Waals surface area contributed by atoms with Gasteiger partial charge in [-0.05, 0) is 49.4 Å². The van der Waals surface area contributed by atoms with E-state index in [0.717, 1.165) is 4.47 Å². The van der Waals surface area contributed by atoms with Crippen molar-refractivity contribution in [1.29, 1.82) is 0 Å². The Bertz CT molecular complexity index is 740. The predicted octanol–water partition coefficient (Wildman–Crippen LogP) is 2.58. The molecule has 0 unspecified atom stereocenters. The first kappa shape index (κ1) is 18.7. The lowest BCUT2D eigenvalue weighted by Crippen LogP contribution is -2.48. The molecule has 0 bridgehead atoms. The first-order valence-electron chi connectivity index (χ1n) is 7.33. The lowest BCUT2D eigenvalue weighted by Gasteiger charge is -2.15. The van der Waals surface area contributed by atoms with Crippen molar-refractivity contribution in [1.82, 2.24) is 10.9 Å². The maximum atomic E-state index is 12.8. The third kappa shape index (κ3) is 6.42. The summed E-state index contributed by atoms with van der Waals surface area (Å²) < 4.78 is 24.2. The van der Waals surface area contributed by atoms with Gasteiger partial charge in [0.2, 0.25) is 0 Å². The van der Waals surface area contributed by atoms with Gasteiger partial charge >= 0.3 is 0 Å². The summed E-state index contributed by atoms with van der Waals surface area (Å²) in [6.07, 6.45) is -0.812. The van der Waals surface area contributed by atoms with Crippen LogP contribution in [-0.4, -0.2) is 24.5 Å². The van der Waals surface area contributed by atoms with E-state index in [1.54, 1.807) is 25.1 Å². The van der Waals surface area contributed by atoms with Crippen LogP contribution in [0.3, 0.4) is 0 Å². The largest absolute Gasteiger partial charge is 0.484 e. The Morgan fingerprint density at radius 3 is 2.52 bits per heavy atom. The normalized spacial score (nSPS) is 11.3. The van der Waals surface area contributed by atoms with Gasteiger partial charge in [0.15, 0.2) is 12.7 Å². The summed E-state index contributed by atoms with van der Waals surface area (Å²) in [4.78, 5) is 23.5. The van der Waals surface area contributed by atoms with Crippen LogP contribution in [0.5, 0.6) is 11.5 Å². The molecule has 2 rings (SSSR count). The molecule has 2 aromatic carbocycles. The molecular weight excluding hydrogens is 395 g/mol. The van der Waals surface area contributed by atoms with Crippen molar-refractivity contribution in [2.24, 2.45) is 0 Å². The number of carbonyl (C=O) groups is 2. The lowest BCUT2D eigenvalue weighted by molar-refractivity contribution is -0.133. The van der Waals surface area contributed by atoms with Crippen LogP contribution in [0.25, 0.3) is 0 Å². The van der Waals surface area contributed by atoms with E-state index in [2.05, 4.69) is 26.8 Å². The second-order valence-corrected chi connectivity index (χ2v) is 5.91. The number of hydrogen-bond acceptors (Lipinski definition) is 4. The quantitative estimate of drug-likeness (QED) is 0.717. The smallest absolute Gasteiger partial charge is 0.279 e. The summed E-state index contributed by atoms with van der Waals surface area (Å²) >= 11 is 3.31. The summed E-state index contributed by atoms with van der Waals surface area (Å²) in [5.41, 5.74) is 4.46. The minimum absolute atomic E-state index is 0.327. The Morgan fingerprint density at radius 2 is 1.84 bits per heavy atom. The van der Waals surface area contributed by atoms with Crippen molar-refractivity contribution in [3.8, 4) is 11.5 Å². The third-order valence-electron chi connectivity index (χ3n) is 2.99. The van der Waals surface area contributed by atoms with E-state index >= 15 is 0 Å². The van der Waals surface area contributed by atoms with Crippen LogP contribution in [0.2, 0.25) is 0 Å². The molecule has 1 atom stereocenters. The standard InChI is InChI=1S/C17H16BrFN2O4/c1-11(25-15-4-2-3-12(18)9-15)17(23)21-20-16(22)10-24-14-7-5-13(19)6-8-14/h2-9,11H,10H2,1H3,(H,20,22)(H,21,23)/t11-/m0/s1. The number of halogens is 2. The highest BCUT2D eigenvalue weighted by atomic mass is 79.9. The van der Waals surface area contributed by atoms with Crippen molar-refractivity contribution < 1.29 is 23.5 Å². The number of benzene rings is 2. The molecule has 2 N–H and O–H groups in total. The van der Waals surface area contributed by atoms with Gasteiger partial charge in [0, 0.05) is 4.47 Å². The minimum atomic E-state index is -0.812. The fourth-order valence-electron chi connectivity index (χ4n) is 1.75. The molecule has 0 saturated carbocycles. The Labute approximate surface area is 152 Å². The van der Waals surface area contributed by atoms with Gasteiger partial charge in [-0.25, -0.2) is 4.39 Å². The van der Waals surface area contributed by atoms with Crippen LogP contribution < -0.4 is 20.3 Å². The van der Waals surface area contributed by atoms with Crippen LogP contribution in [0, 0.1) is 5.82 Å². The fraction of sp³-hybridized carbons (Fsp3) is 0.176. The molecule has 2 aromatic rings. The zero-order chi connectivity index (χ0) is 18.2. The van der Waals surface area contributed by atoms with Crippen LogP contribution in [0.4, 0.5) is 4.39 Å². The number of hydrazine groups is 1. The predicted molar refractivity (Wildman–Crippen MR) is 92.4 cm³/mol. The van der Waals surface area contributed by atoms with Gasteiger partial charge in [-0.2, -0.15) is 0 Å². The van der Waals surface area contributed by atoms with Gasteiger partial charge in [-0.15, -0.1) is 0 Å². The minimum Gasteiger partial charge on any atom is -0.484 e. The molecule has 8 heteroatoms. The molecule has 0 aliphatic heterocycles. The molecule has 0 saturated heterocycles. The average Bonchev–Trinajstić information content (AvgIpc) is 2.59. The van der Waals surface area contributed by atoms with Gasteiger partial charge in [-0.1, -0.05) is 22.0 Å². The van der Waals surface area contributed by atoms with Crippen LogP contribution in [0.1, 0.15) is 6.92 Å². The van der Waals surface area contributed by atoms with Gasteiger partial charge in [-0.3, -0.25) is 20.4 Å². The molecule has 132 valence electrons. The highest BCUT2D eigenvalue weighted by molar-refractivity contribution is 9.10. The molecule has 0 aliphatic rings. The Hall–Kier alpha value is -2.61. The van der Waals surface area contributed by atoms with E-state index in [-0.39, 0.29) is 6.61 Å². The summed E-state index contributed by atoms with van der Waals surface area (Å²) in [5, 5.41) is 0. The van der Waals surface area contributed by atoms with Crippen molar-refractivity contribution in [3.05, 3.63) is 58.8 Å². The highest BCUT2D eigenvalue weighted by Crippen LogP contribution is 2.18. The summed E-state index contributed by atoms with van der Waals surface area (Å²) in [5.74, 6) is -0.622. The third-order valence-corrected chi connectivity index (χ3v) is 3.48. The van der Waals surface area contributed by atoms with Crippen molar-refractivity contribution in [3.63, 3.8) is 0 Å². The van der Waals surface area contributed by atoms with Crippen LogP contribution in [-0.2, 0) is 9.59 Å². The summed E-state index contributed by atoms with van der Waals surface area (Å²) in [7, 11) is 0. The highest BCUT2D eigenvalue weighted by Gasteiger charge is 2.15. The first-order chi connectivity index (χ1) is 11.9. The molecule has 2 amide bonds. The summed E-state index contributed by atoms with van der Waals surface area (Å²) in [6, 6.07) is 12.3. The summed E-state index contributed by atoms with van der Waals surface area (Å²) in [6.45, 7) is 1.23. The topological polar surface area (TPSA) is 76.7 Å². The molecule has 0 aromatic heterocycles. The van der Waals surface area contributed by atoms with Crippen LogP contribution >= 0.6 is 15.9 Å². The maximum Gasteiger partial charge on any atom is 0.279 e. The molecule has 0 fully saturated rings. The van der Waals surface area contributed by atoms with Gasteiger partial charge in [0.25, 0.3) is 11.8 Å². The van der Waals surface area contributed by atoms with Crippen molar-refractivity contribution in [2.45, 2.75) is 13.0 Å². The first-order valence-corrected chi connectivity index (χ1v) is 8.12. The number of ether oxygens (including phenoxy) is 2. The Balaban J connectivity index is 1.72. The second-order valence-electron chi connectivity index (χ2n) is 5.00. The number of amides is 2. The van der Waals surface area contributed by atoms with Gasteiger partial charge in [0.1, 0.15) is 17.3 Å². The maximum absolute atomic E-state index is 12.8. The van der Waals surface area contributed by atoms with E-state index in [4.69, 9.17) is 9.47 Å². The zero-order valence-corrected chi connectivity index (χ0v) is 14.9. The number of hydrogen-bond donors (Lipinski definition) is 2. The number of rotatable bonds is 6. The van der Waals surface area contributed by atoms with Crippen molar-refractivity contribution in [2.75, 3.05) is 6.61 Å². The number of nitrogens with one attached hydrogen (secondary N) is 2. The molecule has 0 radical (unpaired) electrons. The molecule has 6 nitrogen and oxygen atoms in total. The van der Waals surface area contributed by atoms with Crippen molar-refractivity contribution >= 4 is 27.7 Å². The van der Waals surface area contributed by atoms with E-state index in [9.17, 15) is 14.0 Å². The van der Waals surface area contributed by atoms with E-state index in [0.29, 0.717) is 11.5 Å². The van der Waals surface area contributed by atoms with Gasteiger partial charge < -0.3 is 9.47 Å². The fourth-order valence-corrected chi connectivity index (χ4v) is 2.12. The SMILES string of the molecule is C[C@H](Oc1cccc(Br)c1)C(=O)NNC(=O)COc1ccc(F)cc1. The van der Waals surface area contributed by atoms with E-state index in [1.807, 2.05) is 6.07 Å². The monoisotopic (exact) mass is 410 g/mol. The molecule has 25 heavy (non-hydrogen) atoms. The molecule has 0 heterocycles. The molecule has 0 aliphatic carbocycles. The van der Waals surface area contributed by atoms with Gasteiger partial charge in [0.05, 0.1) is 0 Å². The average molecular weight is 411 g/mol. The number of carbonyl (C=O) groups excluding carboxylic acids is 2. The van der Waals surface area contributed by atoms with E-state index in [1.165, 1.54) is 24.3 Å².